The van der Waals surface area contributed by atoms with Gasteiger partial charge in [-0.3, -0.25) is 28.8 Å². The fourth-order valence-corrected chi connectivity index (χ4v) is 8.67. The summed E-state index contributed by atoms with van der Waals surface area (Å²) in [5.41, 5.74) is 0.225. The quantitative estimate of drug-likeness (QED) is 0.123. The zero-order valence-electron chi connectivity index (χ0n) is 36.6. The van der Waals surface area contributed by atoms with Crippen molar-refractivity contribution in [2.24, 2.45) is 35.5 Å². The van der Waals surface area contributed by atoms with Crippen LogP contribution in [0.5, 0.6) is 0 Å². The second-order valence-corrected chi connectivity index (χ2v) is 18.1. The molecule has 1 aromatic carbocycles. The molecule has 9 atom stereocenters. The van der Waals surface area contributed by atoms with Crippen LogP contribution in [0.25, 0.3) is 0 Å². The topological polar surface area (TPSA) is 210 Å². The number of hydrogen-bond acceptors (Lipinski definition) is 9. The number of alkyl carbamates (subject to hydrolysis) is 1. The third kappa shape index (κ3) is 15.4. The van der Waals surface area contributed by atoms with Gasteiger partial charge in [0.15, 0.2) is 0 Å². The minimum absolute atomic E-state index is 0.0469. The molecule has 0 spiro atoms. The van der Waals surface area contributed by atoms with Crippen LogP contribution in [0.1, 0.15) is 124 Å². The van der Waals surface area contributed by atoms with E-state index in [0.29, 0.717) is 25.8 Å². The van der Waals surface area contributed by atoms with Gasteiger partial charge in [0.25, 0.3) is 0 Å². The van der Waals surface area contributed by atoms with Crippen molar-refractivity contribution in [1.29, 1.82) is 0 Å². The molecule has 0 heterocycles. The number of nitrogens with one attached hydrogen (secondary N) is 6. The minimum Gasteiger partial charge on any atom is -0.461 e. The van der Waals surface area contributed by atoms with Gasteiger partial charge in [0, 0.05) is 31.5 Å². The van der Waals surface area contributed by atoms with E-state index in [0.717, 1.165) is 63.4 Å². The number of ether oxygens (including phenoxy) is 2. The van der Waals surface area contributed by atoms with Crippen LogP contribution in [-0.4, -0.2) is 85.0 Å². The van der Waals surface area contributed by atoms with Crippen LogP contribution >= 0.6 is 0 Å². The standard InChI is InChI=1S/C45H70N6O9/c1-28(49-42(56)36-22-14-11-19-33(36)25-47-40(54)30(3)51-44(58)60-45(4,5)6)38(52)46-24-32-18-10-13-21-35(32)41(55)50-29(2)39(53)48-26-34-20-12-15-23-37(34)43(57)59-27-31-16-8-7-9-17-31/h7-9,16-17,28-30,32-37H,10-15,18-27H2,1-6H3,(H,46,52)(H,47,54)(H,48,53)(H,49,56)(H,50,55)(H,51,58)/t28-,29-,30-,32-,33-,34-,35-,36-,37-/m0/s1. The van der Waals surface area contributed by atoms with Crippen molar-refractivity contribution < 1.29 is 43.0 Å². The summed E-state index contributed by atoms with van der Waals surface area (Å²) in [6.45, 7) is 11.1. The lowest BCUT2D eigenvalue weighted by Crippen LogP contribution is -2.52. The second kappa shape index (κ2) is 23.3. The van der Waals surface area contributed by atoms with Crippen molar-refractivity contribution in [3.05, 3.63) is 35.9 Å². The highest BCUT2D eigenvalue weighted by molar-refractivity contribution is 5.90. The van der Waals surface area contributed by atoms with E-state index in [9.17, 15) is 33.6 Å². The maximum Gasteiger partial charge on any atom is 0.408 e. The lowest BCUT2D eigenvalue weighted by atomic mass is 9.78. The number of carbonyl (C=O) groups is 7. The number of amides is 6. The average Bonchev–Trinajstić information content (AvgIpc) is 3.22. The first kappa shape index (κ1) is 48.0. The summed E-state index contributed by atoms with van der Waals surface area (Å²) in [5, 5.41) is 17.1. The molecule has 0 aromatic heterocycles. The fraction of sp³-hybridized carbons (Fsp3) is 0.711. The van der Waals surface area contributed by atoms with E-state index >= 15 is 0 Å². The molecule has 6 N–H and O–H groups in total. The van der Waals surface area contributed by atoms with E-state index in [2.05, 4.69) is 31.9 Å². The zero-order chi connectivity index (χ0) is 43.8. The molecule has 3 aliphatic carbocycles. The van der Waals surface area contributed by atoms with Crippen LogP contribution in [0, 0.1) is 35.5 Å². The Morgan fingerprint density at radius 1 is 0.567 bits per heavy atom. The highest BCUT2D eigenvalue weighted by Gasteiger charge is 2.36. The molecule has 334 valence electrons. The van der Waals surface area contributed by atoms with Gasteiger partial charge in [-0.05, 0) is 103 Å². The lowest BCUT2D eigenvalue weighted by Gasteiger charge is -2.33. The van der Waals surface area contributed by atoms with E-state index in [4.69, 9.17) is 9.47 Å². The van der Waals surface area contributed by atoms with Gasteiger partial charge in [-0.2, -0.15) is 0 Å². The van der Waals surface area contributed by atoms with E-state index in [1.54, 1.807) is 41.5 Å². The molecule has 0 bridgehead atoms. The molecule has 0 aliphatic heterocycles. The number of hydrogen-bond donors (Lipinski definition) is 6. The van der Waals surface area contributed by atoms with Gasteiger partial charge >= 0.3 is 12.1 Å². The molecule has 0 unspecified atom stereocenters. The van der Waals surface area contributed by atoms with Crippen LogP contribution in [-0.2, 0) is 44.8 Å². The van der Waals surface area contributed by atoms with Crippen LogP contribution < -0.4 is 31.9 Å². The van der Waals surface area contributed by atoms with Gasteiger partial charge in [-0.1, -0.05) is 68.9 Å². The number of rotatable bonds is 17. The highest BCUT2D eigenvalue weighted by Crippen LogP contribution is 2.33. The first-order chi connectivity index (χ1) is 28.5. The van der Waals surface area contributed by atoms with E-state index in [1.807, 2.05) is 30.3 Å². The smallest absolute Gasteiger partial charge is 0.408 e. The molecule has 3 aliphatic rings. The van der Waals surface area contributed by atoms with Gasteiger partial charge in [0.2, 0.25) is 29.5 Å². The third-order valence-electron chi connectivity index (χ3n) is 12.2. The Hall–Kier alpha value is -4.69. The minimum atomic E-state index is -0.826. The summed E-state index contributed by atoms with van der Waals surface area (Å²) in [6, 6.07) is 7.11. The Balaban J connectivity index is 1.20. The molecule has 6 amide bonds. The average molecular weight is 839 g/mol. The van der Waals surface area contributed by atoms with Crippen molar-refractivity contribution in [2.75, 3.05) is 19.6 Å². The van der Waals surface area contributed by atoms with Gasteiger partial charge in [-0.25, -0.2) is 4.79 Å². The van der Waals surface area contributed by atoms with Crippen molar-refractivity contribution in [3.8, 4) is 0 Å². The molecule has 60 heavy (non-hydrogen) atoms. The van der Waals surface area contributed by atoms with E-state index < -0.39 is 29.8 Å². The van der Waals surface area contributed by atoms with Crippen molar-refractivity contribution in [1.82, 2.24) is 31.9 Å². The van der Waals surface area contributed by atoms with Gasteiger partial charge in [0.1, 0.15) is 30.3 Å². The van der Waals surface area contributed by atoms with Crippen LogP contribution in [0.3, 0.4) is 0 Å². The van der Waals surface area contributed by atoms with Crippen molar-refractivity contribution >= 4 is 41.6 Å². The van der Waals surface area contributed by atoms with Crippen LogP contribution in [0.2, 0.25) is 0 Å². The maximum absolute atomic E-state index is 13.5. The molecule has 4 rings (SSSR count). The molecule has 0 radical (unpaired) electrons. The Bertz CT molecular complexity index is 1620. The maximum atomic E-state index is 13.5. The molecular weight excluding hydrogens is 769 g/mol. The monoisotopic (exact) mass is 839 g/mol. The predicted molar refractivity (Wildman–Crippen MR) is 226 cm³/mol. The SMILES string of the molecule is C[C@H](NC(=O)OC(C)(C)C)C(=O)NC[C@@H]1CCCC[C@@H]1C(=O)N[C@@H](C)C(=O)NC[C@@H]1CCCC[C@@H]1C(=O)N[C@@H](C)C(=O)NC[C@@H]1CCCC[C@@H]1C(=O)OCc1ccccc1. The molecule has 3 fully saturated rings. The van der Waals surface area contributed by atoms with Crippen LogP contribution in [0.15, 0.2) is 30.3 Å². The second-order valence-electron chi connectivity index (χ2n) is 18.1. The van der Waals surface area contributed by atoms with Gasteiger partial charge in [-0.15, -0.1) is 0 Å². The largest absolute Gasteiger partial charge is 0.461 e. The zero-order valence-corrected chi connectivity index (χ0v) is 36.6. The Morgan fingerprint density at radius 2 is 0.950 bits per heavy atom. The first-order valence-electron chi connectivity index (χ1n) is 22.2. The molecule has 1 aromatic rings. The molecule has 15 heteroatoms. The number of carbonyl (C=O) groups excluding carboxylic acids is 7. The van der Waals surface area contributed by atoms with Crippen molar-refractivity contribution in [3.63, 3.8) is 0 Å². The van der Waals surface area contributed by atoms with Gasteiger partial charge in [0.05, 0.1) is 5.92 Å². The number of esters is 1. The Labute approximate surface area is 355 Å². The Kier molecular flexibility index (Phi) is 18.7. The molecule has 3 saturated carbocycles. The van der Waals surface area contributed by atoms with E-state index in [1.165, 1.54) is 0 Å². The summed E-state index contributed by atoms with van der Waals surface area (Å²) in [7, 11) is 0. The summed E-state index contributed by atoms with van der Waals surface area (Å²) in [6.07, 6.45) is 9.04. The summed E-state index contributed by atoms with van der Waals surface area (Å²) < 4.78 is 10.9. The molecule has 15 nitrogen and oxygen atoms in total. The normalized spacial score (nSPS) is 24.6. The van der Waals surface area contributed by atoms with E-state index in [-0.39, 0.29) is 90.7 Å². The Morgan fingerprint density at radius 3 is 1.38 bits per heavy atom. The van der Waals surface area contributed by atoms with Crippen LogP contribution in [0.4, 0.5) is 4.79 Å². The summed E-state index contributed by atoms with van der Waals surface area (Å²) >= 11 is 0. The third-order valence-corrected chi connectivity index (χ3v) is 12.2. The summed E-state index contributed by atoms with van der Waals surface area (Å²) in [4.78, 5) is 91.3. The first-order valence-corrected chi connectivity index (χ1v) is 22.2. The molecular formula is C45H70N6O9. The van der Waals surface area contributed by atoms with Crippen molar-refractivity contribution in [2.45, 2.75) is 149 Å². The predicted octanol–water partition coefficient (Wildman–Crippen LogP) is 4.42. The highest BCUT2D eigenvalue weighted by atomic mass is 16.6. The fourth-order valence-electron chi connectivity index (χ4n) is 8.67. The lowest BCUT2D eigenvalue weighted by molar-refractivity contribution is -0.153. The van der Waals surface area contributed by atoms with Gasteiger partial charge < -0.3 is 41.4 Å². The summed E-state index contributed by atoms with van der Waals surface area (Å²) in [5.74, 6) is -3.16. The molecule has 0 saturated heterocycles. The number of benzene rings is 1.